The van der Waals surface area contributed by atoms with Crippen LogP contribution < -0.4 is 27.0 Å². The lowest BCUT2D eigenvalue weighted by Crippen LogP contribution is -3.00. The molecule has 0 saturated carbocycles. The quantitative estimate of drug-likeness (QED) is 0.331. The van der Waals surface area contributed by atoms with Gasteiger partial charge in [-0.3, -0.25) is 4.79 Å². The van der Waals surface area contributed by atoms with E-state index in [1.54, 1.807) is 61.5 Å². The van der Waals surface area contributed by atoms with E-state index in [1.165, 1.54) is 0 Å². The topological polar surface area (TPSA) is 111 Å². The number of fused-ring (bicyclic) bond motifs is 5. The van der Waals surface area contributed by atoms with Crippen LogP contribution in [0.2, 0.25) is 0 Å². The molecule has 1 aromatic heterocycles. The Kier molecular flexibility index (Phi) is 6.59. The van der Waals surface area contributed by atoms with Crippen LogP contribution in [0.3, 0.4) is 0 Å². The van der Waals surface area contributed by atoms with Crippen LogP contribution in [-0.2, 0) is 19.9 Å². The van der Waals surface area contributed by atoms with Crippen LogP contribution in [-0.4, -0.2) is 58.9 Å². The maximum atomic E-state index is 13.7. The van der Waals surface area contributed by atoms with E-state index in [9.17, 15) is 14.7 Å². The Balaban J connectivity index is 0.00000280. The second-order valence-electron chi connectivity index (χ2n) is 10.1. The highest BCUT2D eigenvalue weighted by Gasteiger charge is 2.53. The summed E-state index contributed by atoms with van der Waals surface area (Å²) in [6, 6.07) is 15.6. The lowest BCUT2D eigenvalue weighted by molar-refractivity contribution is -0.939. The van der Waals surface area contributed by atoms with Crippen LogP contribution >= 0.6 is 0 Å². The minimum Gasteiger partial charge on any atom is -1.00 e. The maximum absolute atomic E-state index is 13.7. The number of halogens is 1. The normalized spacial score (nSPS) is 24.6. The molecule has 7 rings (SSSR count). The van der Waals surface area contributed by atoms with Gasteiger partial charge >= 0.3 is 5.97 Å². The van der Waals surface area contributed by atoms with Gasteiger partial charge in [0.15, 0.2) is 18.5 Å². The van der Waals surface area contributed by atoms with Gasteiger partial charge in [0, 0.05) is 36.0 Å². The van der Waals surface area contributed by atoms with Crippen LogP contribution in [0.25, 0.3) is 0 Å². The average molecular weight is 570 g/mol. The van der Waals surface area contributed by atoms with Crippen LogP contribution in [0, 0.1) is 12.8 Å². The number of nitrogens with zero attached hydrogens (tertiary/aromatic N) is 2. The minimum absolute atomic E-state index is 0. The van der Waals surface area contributed by atoms with E-state index < -0.39 is 17.7 Å². The number of rotatable bonds is 5. The summed E-state index contributed by atoms with van der Waals surface area (Å²) in [5.41, 5.74) is -1.26. The fraction of sp³-hybridized carbons (Fsp3) is 0.370. The first-order chi connectivity index (χ1) is 17.4. The Morgan fingerprint density at radius 3 is 2.32 bits per heavy atom. The van der Waals surface area contributed by atoms with Crippen molar-refractivity contribution in [2.24, 2.45) is 5.92 Å². The predicted molar refractivity (Wildman–Crippen MR) is 128 cm³/mol. The zero-order chi connectivity index (χ0) is 24.9. The molecule has 4 aliphatic heterocycles. The summed E-state index contributed by atoms with van der Waals surface area (Å²) in [5, 5.41) is 18.5. The van der Waals surface area contributed by atoms with Gasteiger partial charge < -0.3 is 45.9 Å². The number of para-hydroxylation sites is 2. The van der Waals surface area contributed by atoms with Crippen molar-refractivity contribution >= 4 is 17.7 Å². The second kappa shape index (κ2) is 9.59. The number of carbonyl (C=O) groups is 2. The number of ether oxygens (including phenoxy) is 2. The molecule has 4 aliphatic rings. The van der Waals surface area contributed by atoms with Crippen molar-refractivity contribution in [2.75, 3.05) is 31.5 Å². The monoisotopic (exact) mass is 569 g/mol. The number of carbonyl (C=O) groups excluding carboxylic acids is 2. The number of quaternary nitrogens is 1. The minimum atomic E-state index is -1.98. The van der Waals surface area contributed by atoms with Crippen molar-refractivity contribution in [3.8, 4) is 11.5 Å². The summed E-state index contributed by atoms with van der Waals surface area (Å²) >= 11 is 0. The molecule has 194 valence electrons. The molecule has 10 heteroatoms. The molecule has 9 nitrogen and oxygen atoms in total. The highest BCUT2D eigenvalue weighted by molar-refractivity contribution is 5.91. The van der Waals surface area contributed by atoms with E-state index in [2.05, 4.69) is 10.5 Å². The summed E-state index contributed by atoms with van der Waals surface area (Å²) < 4.78 is 17.6. The third-order valence-electron chi connectivity index (χ3n) is 7.74. The number of hydrogen-bond acceptors (Lipinski definition) is 7. The molecule has 5 heterocycles. The maximum Gasteiger partial charge on any atom is 0.348 e. The van der Waals surface area contributed by atoms with Gasteiger partial charge in [-0.25, -0.2) is 4.79 Å². The van der Waals surface area contributed by atoms with Crippen LogP contribution in [0.4, 0.5) is 5.82 Å². The van der Waals surface area contributed by atoms with Crippen molar-refractivity contribution in [2.45, 2.75) is 31.5 Å². The zero-order valence-electron chi connectivity index (χ0n) is 20.4. The molecular weight excluding hydrogens is 542 g/mol. The molecule has 1 atom stereocenters. The highest BCUT2D eigenvalue weighted by Crippen LogP contribution is 2.48. The molecule has 3 saturated heterocycles. The van der Waals surface area contributed by atoms with Gasteiger partial charge in [-0.2, -0.15) is 0 Å². The second-order valence-corrected chi connectivity index (χ2v) is 10.1. The van der Waals surface area contributed by atoms with E-state index in [1.807, 2.05) is 0 Å². The highest BCUT2D eigenvalue weighted by atomic mass is 79.9. The molecular formula is C27H28BrN3O6. The van der Waals surface area contributed by atoms with Crippen molar-refractivity contribution in [3.63, 3.8) is 0 Å². The molecule has 0 radical (unpaired) electrons. The van der Waals surface area contributed by atoms with E-state index in [0.29, 0.717) is 45.2 Å². The molecule has 0 unspecified atom stereocenters. The van der Waals surface area contributed by atoms with E-state index in [4.69, 9.17) is 14.0 Å². The molecule has 37 heavy (non-hydrogen) atoms. The summed E-state index contributed by atoms with van der Waals surface area (Å²) in [6.07, 6.45) is 1.31. The van der Waals surface area contributed by atoms with Gasteiger partial charge in [-0.15, -0.1) is 0 Å². The Bertz CT molecular complexity index is 1290. The van der Waals surface area contributed by atoms with Crippen LogP contribution in [0.5, 0.6) is 11.5 Å². The Morgan fingerprint density at radius 1 is 1.11 bits per heavy atom. The first-order valence-corrected chi connectivity index (χ1v) is 12.2. The number of hydrogen-bond donors (Lipinski definition) is 2. The first kappa shape index (κ1) is 25.4. The van der Waals surface area contributed by atoms with E-state index >= 15 is 0 Å². The molecule has 2 N–H and O–H groups in total. The summed E-state index contributed by atoms with van der Waals surface area (Å²) in [5.74, 6) is 1.19. The molecule has 2 bridgehead atoms. The number of aromatic nitrogens is 1. The fourth-order valence-electron chi connectivity index (χ4n) is 5.90. The lowest BCUT2D eigenvalue weighted by Gasteiger charge is -2.51. The Morgan fingerprint density at radius 2 is 1.73 bits per heavy atom. The smallest absolute Gasteiger partial charge is 0.348 e. The molecule has 3 fully saturated rings. The van der Waals surface area contributed by atoms with Gasteiger partial charge in [-0.1, -0.05) is 41.6 Å². The van der Waals surface area contributed by atoms with Crippen molar-refractivity contribution < 1.29 is 50.2 Å². The molecule has 0 spiro atoms. The SMILES string of the molecule is Cc1cc(NC(=O)C[N+]23CCC(CC2)[C@@H](OC(=O)C2(O)c4ccccc4Oc4ccccc42)C3)no1.[Br-]. The van der Waals surface area contributed by atoms with E-state index in [0.717, 1.165) is 25.9 Å². The molecule has 0 aliphatic carbocycles. The molecule has 3 aromatic rings. The first-order valence-electron chi connectivity index (χ1n) is 12.2. The number of anilines is 1. The Labute approximate surface area is 224 Å². The fourth-order valence-corrected chi connectivity index (χ4v) is 5.90. The largest absolute Gasteiger partial charge is 1.00 e. The number of amides is 1. The third kappa shape index (κ3) is 4.43. The molecule has 1 amide bonds. The number of esters is 1. The van der Waals surface area contributed by atoms with Crippen molar-refractivity contribution in [1.82, 2.24) is 5.16 Å². The number of piperidine rings is 3. The van der Waals surface area contributed by atoms with Gasteiger partial charge in [0.2, 0.25) is 5.60 Å². The summed E-state index contributed by atoms with van der Waals surface area (Å²) in [4.78, 5) is 26.5. The molecule has 2 aromatic carbocycles. The number of benzene rings is 2. The number of aliphatic hydroxyl groups is 1. The summed E-state index contributed by atoms with van der Waals surface area (Å²) in [7, 11) is 0. The average Bonchev–Trinajstić information content (AvgIpc) is 3.28. The van der Waals surface area contributed by atoms with Crippen LogP contribution in [0.15, 0.2) is 59.1 Å². The van der Waals surface area contributed by atoms with Crippen LogP contribution in [0.1, 0.15) is 29.7 Å². The lowest BCUT2D eigenvalue weighted by atomic mass is 9.81. The summed E-state index contributed by atoms with van der Waals surface area (Å²) in [6.45, 7) is 4.23. The zero-order valence-corrected chi connectivity index (χ0v) is 21.9. The third-order valence-corrected chi connectivity index (χ3v) is 7.74. The predicted octanol–water partition coefficient (Wildman–Crippen LogP) is 0.120. The Hall–Kier alpha value is -3.21. The number of nitrogens with one attached hydrogen (secondary N) is 1. The van der Waals surface area contributed by atoms with E-state index in [-0.39, 0.29) is 35.4 Å². The van der Waals surface area contributed by atoms with Gasteiger partial charge in [0.05, 0.1) is 13.1 Å². The van der Waals surface area contributed by atoms with Gasteiger partial charge in [0.1, 0.15) is 23.8 Å². The van der Waals surface area contributed by atoms with Gasteiger partial charge in [0.25, 0.3) is 5.91 Å². The van der Waals surface area contributed by atoms with Crippen molar-refractivity contribution in [3.05, 3.63) is 71.5 Å². The number of aryl methyl sites for hydroxylation is 1. The standard InChI is InChI=1S/C27H27N3O6.BrH/c1-17-14-24(29-36-17)28-25(31)16-30-12-10-18(11-13-30)23(15-30)35-26(32)27(33)19-6-2-4-8-21(19)34-22-9-5-3-7-20(22)27;/h2-9,14,18,23,33H,10-13,15-16H2,1H3;1H/t18?,23-,30?;/m0./s1. The van der Waals surface area contributed by atoms with Gasteiger partial charge in [-0.05, 0) is 19.1 Å². The van der Waals surface area contributed by atoms with Crippen molar-refractivity contribution in [1.29, 1.82) is 0 Å².